The number of nitrogens with one attached hydrogen (secondary N) is 2. The summed E-state index contributed by atoms with van der Waals surface area (Å²) in [6, 6.07) is 21.6. The van der Waals surface area contributed by atoms with Gasteiger partial charge in [0.1, 0.15) is 6.04 Å². The number of aryl methyl sites for hydroxylation is 1. The van der Waals surface area contributed by atoms with Gasteiger partial charge < -0.3 is 5.32 Å². The maximum absolute atomic E-state index is 12.5. The molecular weight excluding hydrogens is 388 g/mol. The number of hydrogen-bond acceptors (Lipinski definition) is 5. The third kappa shape index (κ3) is 3.81. The summed E-state index contributed by atoms with van der Waals surface area (Å²) < 4.78 is 1.78. The Morgan fingerprint density at radius 1 is 1.03 bits per heavy atom. The van der Waals surface area contributed by atoms with Crippen LogP contribution in [0.2, 0.25) is 0 Å². The Labute approximate surface area is 179 Å². The van der Waals surface area contributed by atoms with E-state index in [1.807, 2.05) is 18.2 Å². The molecule has 0 aliphatic carbocycles. The van der Waals surface area contributed by atoms with Crippen molar-refractivity contribution in [3.05, 3.63) is 107 Å². The summed E-state index contributed by atoms with van der Waals surface area (Å²) in [4.78, 5) is 21.0. The fourth-order valence-electron chi connectivity index (χ4n) is 3.51. The van der Waals surface area contributed by atoms with Crippen LogP contribution in [0.4, 0.5) is 11.9 Å². The summed E-state index contributed by atoms with van der Waals surface area (Å²) in [6.45, 7) is 2.06. The van der Waals surface area contributed by atoms with Crippen molar-refractivity contribution in [2.45, 2.75) is 13.0 Å². The van der Waals surface area contributed by atoms with Crippen LogP contribution in [0.25, 0.3) is 5.70 Å². The van der Waals surface area contributed by atoms with Crippen LogP contribution in [0, 0.1) is 6.92 Å². The quantitative estimate of drug-likeness (QED) is 0.526. The van der Waals surface area contributed by atoms with Gasteiger partial charge in [0, 0.05) is 18.1 Å². The summed E-state index contributed by atoms with van der Waals surface area (Å²) in [7, 11) is 0. The predicted octanol–water partition coefficient (Wildman–Crippen LogP) is 4.29. The first-order chi connectivity index (χ1) is 15.2. The van der Waals surface area contributed by atoms with Crippen molar-refractivity contribution in [3.63, 3.8) is 0 Å². The van der Waals surface area contributed by atoms with E-state index in [1.54, 1.807) is 23.0 Å². The molecule has 0 saturated heterocycles. The number of hydrogen-bond donors (Lipinski definition) is 2. The molecule has 5 rings (SSSR count). The lowest BCUT2D eigenvalue weighted by Gasteiger charge is -2.24. The Morgan fingerprint density at radius 2 is 1.84 bits per heavy atom. The standard InChI is InChI=1S/C24H20N6O/c1-16-9-11-17(12-10-16)20-14-21(18-6-3-2-4-7-18)30-24(26-20)28-23(29-30)27-22(31)19-8-5-13-25-15-19/h2-15,21H,1H3,(H2,26,27,28,29,31). The largest absolute Gasteiger partial charge is 0.324 e. The maximum atomic E-state index is 12.5. The van der Waals surface area contributed by atoms with Crippen molar-refractivity contribution in [1.82, 2.24) is 19.7 Å². The molecular formula is C24H20N6O. The average Bonchev–Trinajstić information content (AvgIpc) is 3.22. The average molecular weight is 408 g/mol. The Kier molecular flexibility index (Phi) is 4.76. The van der Waals surface area contributed by atoms with Crippen LogP contribution >= 0.6 is 0 Å². The van der Waals surface area contributed by atoms with Crippen LogP contribution < -0.4 is 10.6 Å². The number of carbonyl (C=O) groups is 1. The van der Waals surface area contributed by atoms with Crippen molar-refractivity contribution in [2.24, 2.45) is 0 Å². The summed E-state index contributed by atoms with van der Waals surface area (Å²) in [5.74, 6) is 0.489. The number of pyridine rings is 1. The van der Waals surface area contributed by atoms with Gasteiger partial charge in [0.2, 0.25) is 5.95 Å². The van der Waals surface area contributed by atoms with Gasteiger partial charge in [-0.15, -0.1) is 5.10 Å². The molecule has 0 radical (unpaired) electrons. The van der Waals surface area contributed by atoms with Gasteiger partial charge in [0.25, 0.3) is 11.9 Å². The second kappa shape index (κ2) is 7.87. The summed E-state index contributed by atoms with van der Waals surface area (Å²) >= 11 is 0. The lowest BCUT2D eigenvalue weighted by atomic mass is 10.0. The molecule has 0 bridgehead atoms. The van der Waals surface area contributed by atoms with E-state index in [2.05, 4.69) is 75.1 Å². The molecule has 1 atom stereocenters. The van der Waals surface area contributed by atoms with E-state index in [4.69, 9.17) is 0 Å². The van der Waals surface area contributed by atoms with E-state index in [1.165, 1.54) is 11.8 Å². The van der Waals surface area contributed by atoms with Gasteiger partial charge in [-0.1, -0.05) is 60.2 Å². The SMILES string of the molecule is Cc1ccc(C2=CC(c3ccccc3)n3nc(NC(=O)c4cccnc4)nc3N2)cc1. The van der Waals surface area contributed by atoms with Gasteiger partial charge in [-0.2, -0.15) is 4.98 Å². The predicted molar refractivity (Wildman–Crippen MR) is 120 cm³/mol. The monoisotopic (exact) mass is 408 g/mol. The second-order valence-electron chi connectivity index (χ2n) is 7.33. The smallest absolute Gasteiger partial charge is 0.259 e. The Bertz CT molecular complexity index is 1250. The number of carbonyl (C=O) groups excluding carboxylic acids is 1. The minimum atomic E-state index is -0.306. The van der Waals surface area contributed by atoms with Crippen molar-refractivity contribution in [1.29, 1.82) is 0 Å². The zero-order valence-electron chi connectivity index (χ0n) is 16.9. The molecule has 3 heterocycles. The molecule has 4 aromatic rings. The van der Waals surface area contributed by atoms with Crippen molar-refractivity contribution < 1.29 is 4.79 Å². The second-order valence-corrected chi connectivity index (χ2v) is 7.33. The van der Waals surface area contributed by atoms with Gasteiger partial charge in [-0.25, -0.2) is 4.68 Å². The Hall–Kier alpha value is -4.26. The summed E-state index contributed by atoms with van der Waals surface area (Å²) in [6.07, 6.45) is 5.25. The minimum Gasteiger partial charge on any atom is -0.324 e. The number of aromatic nitrogens is 4. The molecule has 2 aromatic carbocycles. The summed E-state index contributed by atoms with van der Waals surface area (Å²) in [5.41, 5.74) is 4.72. The van der Waals surface area contributed by atoms with E-state index in [0.29, 0.717) is 11.5 Å². The number of nitrogens with zero attached hydrogens (tertiary/aromatic N) is 4. The lowest BCUT2D eigenvalue weighted by Crippen LogP contribution is -2.20. The Balaban J connectivity index is 1.51. The van der Waals surface area contributed by atoms with E-state index in [9.17, 15) is 4.79 Å². The number of benzene rings is 2. The van der Waals surface area contributed by atoms with Crippen LogP contribution in [0.3, 0.4) is 0 Å². The highest BCUT2D eigenvalue weighted by Crippen LogP contribution is 2.33. The zero-order chi connectivity index (χ0) is 21.2. The van der Waals surface area contributed by atoms with E-state index in [-0.39, 0.29) is 17.9 Å². The van der Waals surface area contributed by atoms with Gasteiger partial charge in [0.05, 0.1) is 5.56 Å². The normalized spacial score (nSPS) is 14.9. The molecule has 152 valence electrons. The van der Waals surface area contributed by atoms with E-state index < -0.39 is 0 Å². The number of allylic oxidation sites excluding steroid dienone is 1. The first kappa shape index (κ1) is 18.7. The van der Waals surface area contributed by atoms with Crippen molar-refractivity contribution in [2.75, 3.05) is 10.6 Å². The van der Waals surface area contributed by atoms with Crippen LogP contribution in [0.1, 0.15) is 33.1 Å². The Morgan fingerprint density at radius 3 is 2.58 bits per heavy atom. The number of rotatable bonds is 4. The highest BCUT2D eigenvalue weighted by Gasteiger charge is 2.25. The molecule has 1 aliphatic heterocycles. The van der Waals surface area contributed by atoms with Crippen LogP contribution in [-0.4, -0.2) is 25.7 Å². The van der Waals surface area contributed by atoms with Gasteiger partial charge in [-0.05, 0) is 36.3 Å². The molecule has 1 amide bonds. The summed E-state index contributed by atoms with van der Waals surface area (Å²) in [5, 5.41) is 10.7. The highest BCUT2D eigenvalue weighted by molar-refractivity contribution is 6.03. The fourth-order valence-corrected chi connectivity index (χ4v) is 3.51. The van der Waals surface area contributed by atoms with Crippen LogP contribution in [0.15, 0.2) is 85.2 Å². The van der Waals surface area contributed by atoms with E-state index in [0.717, 1.165) is 16.8 Å². The molecule has 2 aromatic heterocycles. The first-order valence-corrected chi connectivity index (χ1v) is 9.96. The third-order valence-electron chi connectivity index (χ3n) is 5.12. The fraction of sp³-hybridized carbons (Fsp3) is 0.0833. The first-order valence-electron chi connectivity index (χ1n) is 9.96. The van der Waals surface area contributed by atoms with Gasteiger partial charge >= 0.3 is 0 Å². The maximum Gasteiger partial charge on any atom is 0.259 e. The number of anilines is 2. The molecule has 0 spiro atoms. The molecule has 1 aliphatic rings. The molecule has 1 unspecified atom stereocenters. The molecule has 7 heteroatoms. The van der Waals surface area contributed by atoms with E-state index >= 15 is 0 Å². The van der Waals surface area contributed by atoms with Crippen molar-refractivity contribution in [3.8, 4) is 0 Å². The minimum absolute atomic E-state index is 0.162. The molecule has 7 nitrogen and oxygen atoms in total. The van der Waals surface area contributed by atoms with Gasteiger partial charge in [-0.3, -0.25) is 15.1 Å². The van der Waals surface area contributed by atoms with Crippen LogP contribution in [0.5, 0.6) is 0 Å². The molecule has 0 saturated carbocycles. The third-order valence-corrected chi connectivity index (χ3v) is 5.12. The lowest BCUT2D eigenvalue weighted by molar-refractivity contribution is 0.102. The molecule has 2 N–H and O–H groups in total. The van der Waals surface area contributed by atoms with Crippen LogP contribution in [-0.2, 0) is 0 Å². The molecule has 31 heavy (non-hydrogen) atoms. The van der Waals surface area contributed by atoms with Gasteiger partial charge in [0.15, 0.2) is 0 Å². The number of fused-ring (bicyclic) bond motifs is 1. The topological polar surface area (TPSA) is 84.7 Å². The number of amides is 1. The zero-order valence-corrected chi connectivity index (χ0v) is 16.9. The highest BCUT2D eigenvalue weighted by atomic mass is 16.1. The molecule has 0 fully saturated rings. The van der Waals surface area contributed by atoms with Crippen molar-refractivity contribution >= 4 is 23.5 Å².